The van der Waals surface area contributed by atoms with Gasteiger partial charge in [-0.1, -0.05) is 30.3 Å². The molecule has 0 amide bonds. The molecule has 0 N–H and O–H groups in total. The molecule has 34 heavy (non-hydrogen) atoms. The second kappa shape index (κ2) is 9.40. The summed E-state index contributed by atoms with van der Waals surface area (Å²) in [5.41, 5.74) is 0.166. The third-order valence-corrected chi connectivity index (χ3v) is 6.09. The fourth-order valence-corrected chi connectivity index (χ4v) is 4.58. The first kappa shape index (κ1) is 23.7. The normalized spacial score (nSPS) is 14.5. The number of nitrogens with zero attached hydrogens (tertiary/aromatic N) is 3. The van der Waals surface area contributed by atoms with Gasteiger partial charge >= 0.3 is 12.1 Å². The van der Waals surface area contributed by atoms with Gasteiger partial charge in [-0.2, -0.15) is 13.2 Å². The van der Waals surface area contributed by atoms with Gasteiger partial charge in [-0.15, -0.1) is 0 Å². The summed E-state index contributed by atoms with van der Waals surface area (Å²) in [4.78, 5) is 29.8. The molecule has 0 atom stereocenters. The standard InChI is InChI=1S/C25H26F3N3O3/c1-3-31-19-11-7-5-9-17(19)22(21(23(31)32)24(33)34-4-2)30-15-13-29(14-16-30)20-12-8-6-10-18(20)25(26,27)28/h5-12H,3-4,13-16H2,1-2H3. The number of alkyl halides is 3. The molecule has 0 unspecified atom stereocenters. The van der Waals surface area contributed by atoms with Crippen LogP contribution in [0.15, 0.2) is 53.3 Å². The second-order valence-corrected chi connectivity index (χ2v) is 8.00. The smallest absolute Gasteiger partial charge is 0.418 e. The zero-order chi connectivity index (χ0) is 24.5. The van der Waals surface area contributed by atoms with Gasteiger partial charge < -0.3 is 19.1 Å². The summed E-state index contributed by atoms with van der Waals surface area (Å²) in [7, 11) is 0. The highest BCUT2D eigenvalue weighted by Gasteiger charge is 2.36. The molecule has 0 bridgehead atoms. The molecule has 0 saturated carbocycles. The van der Waals surface area contributed by atoms with Crippen molar-refractivity contribution < 1.29 is 22.7 Å². The van der Waals surface area contributed by atoms with Crippen LogP contribution in [0.5, 0.6) is 0 Å². The average molecular weight is 473 g/mol. The summed E-state index contributed by atoms with van der Waals surface area (Å²) in [6.07, 6.45) is -4.45. The van der Waals surface area contributed by atoms with Gasteiger partial charge in [-0.05, 0) is 32.0 Å². The lowest BCUT2D eigenvalue weighted by atomic mass is 10.1. The molecule has 6 nitrogen and oxygen atoms in total. The summed E-state index contributed by atoms with van der Waals surface area (Å²) < 4.78 is 47.3. The van der Waals surface area contributed by atoms with Crippen LogP contribution in [0.1, 0.15) is 29.8 Å². The molecule has 1 aromatic heterocycles. The Bertz CT molecular complexity index is 1260. The largest absolute Gasteiger partial charge is 0.462 e. The lowest BCUT2D eigenvalue weighted by molar-refractivity contribution is -0.137. The van der Waals surface area contributed by atoms with Crippen molar-refractivity contribution in [3.63, 3.8) is 0 Å². The van der Waals surface area contributed by atoms with Crippen LogP contribution in [0.25, 0.3) is 10.9 Å². The number of aryl methyl sites for hydroxylation is 1. The number of esters is 1. The maximum absolute atomic E-state index is 13.5. The van der Waals surface area contributed by atoms with Crippen molar-refractivity contribution in [2.75, 3.05) is 42.6 Å². The number of piperazine rings is 1. The van der Waals surface area contributed by atoms with Crippen LogP contribution in [0, 0.1) is 0 Å². The van der Waals surface area contributed by atoms with Crippen molar-refractivity contribution in [1.29, 1.82) is 0 Å². The van der Waals surface area contributed by atoms with E-state index in [2.05, 4.69) is 0 Å². The first-order chi connectivity index (χ1) is 16.3. The monoisotopic (exact) mass is 473 g/mol. The molecule has 0 aliphatic carbocycles. The van der Waals surface area contributed by atoms with Crippen LogP contribution in [-0.4, -0.2) is 43.3 Å². The Morgan fingerprint density at radius 2 is 1.56 bits per heavy atom. The number of hydrogen-bond donors (Lipinski definition) is 0. The molecule has 1 fully saturated rings. The summed E-state index contributed by atoms with van der Waals surface area (Å²) in [5, 5.41) is 0.733. The molecular weight excluding hydrogens is 447 g/mol. The van der Waals surface area contributed by atoms with Crippen LogP contribution in [0.2, 0.25) is 0 Å². The van der Waals surface area contributed by atoms with Gasteiger partial charge in [0.2, 0.25) is 0 Å². The number of rotatable bonds is 5. The van der Waals surface area contributed by atoms with E-state index in [0.717, 1.165) is 11.5 Å². The van der Waals surface area contributed by atoms with Gasteiger partial charge in [0.1, 0.15) is 5.56 Å². The summed E-state index contributed by atoms with van der Waals surface area (Å²) in [6.45, 7) is 5.32. The number of aromatic nitrogens is 1. The molecule has 0 radical (unpaired) electrons. The summed E-state index contributed by atoms with van der Waals surface area (Å²) in [6, 6.07) is 12.9. The van der Waals surface area contributed by atoms with Crippen LogP contribution in [0.4, 0.5) is 24.5 Å². The molecule has 1 aliphatic heterocycles. The van der Waals surface area contributed by atoms with E-state index in [0.29, 0.717) is 43.9 Å². The van der Waals surface area contributed by atoms with E-state index in [1.807, 2.05) is 36.1 Å². The third-order valence-electron chi connectivity index (χ3n) is 6.09. The van der Waals surface area contributed by atoms with Crippen molar-refractivity contribution in [1.82, 2.24) is 4.57 Å². The Kier molecular flexibility index (Phi) is 6.54. The fourth-order valence-electron chi connectivity index (χ4n) is 4.58. The van der Waals surface area contributed by atoms with Crippen LogP contribution >= 0.6 is 0 Å². The van der Waals surface area contributed by atoms with Gasteiger partial charge in [-0.25, -0.2) is 4.79 Å². The summed E-state index contributed by atoms with van der Waals surface area (Å²) in [5.74, 6) is -0.694. The molecule has 0 spiro atoms. The number of benzene rings is 2. The Morgan fingerprint density at radius 1 is 0.941 bits per heavy atom. The SMILES string of the molecule is CCOC(=O)c1c(N2CCN(c3ccccc3C(F)(F)F)CC2)c2ccccc2n(CC)c1=O. The Morgan fingerprint density at radius 3 is 2.21 bits per heavy atom. The fraction of sp³-hybridized carbons (Fsp3) is 0.360. The molecule has 1 aliphatic rings. The molecule has 180 valence electrons. The van der Waals surface area contributed by atoms with E-state index in [1.54, 1.807) is 22.5 Å². The maximum atomic E-state index is 13.5. The van der Waals surface area contributed by atoms with Gasteiger partial charge in [-0.3, -0.25) is 4.79 Å². The van der Waals surface area contributed by atoms with Gasteiger partial charge in [0, 0.05) is 43.8 Å². The van der Waals surface area contributed by atoms with Crippen molar-refractivity contribution >= 4 is 28.2 Å². The van der Waals surface area contributed by atoms with E-state index in [9.17, 15) is 22.8 Å². The van der Waals surface area contributed by atoms with Crippen molar-refractivity contribution in [2.45, 2.75) is 26.6 Å². The lowest BCUT2D eigenvalue weighted by Gasteiger charge is -2.39. The van der Waals surface area contributed by atoms with Gasteiger partial charge in [0.25, 0.3) is 5.56 Å². The highest BCUT2D eigenvalue weighted by atomic mass is 19.4. The van der Waals surface area contributed by atoms with Crippen LogP contribution in [0.3, 0.4) is 0 Å². The number of anilines is 2. The molecule has 2 aromatic carbocycles. The molecule has 4 rings (SSSR count). The molecule has 1 saturated heterocycles. The Hall–Kier alpha value is -3.49. The Balaban J connectivity index is 1.76. The van der Waals surface area contributed by atoms with Crippen molar-refractivity contribution in [2.24, 2.45) is 0 Å². The number of halogens is 3. The molecule has 2 heterocycles. The van der Waals surface area contributed by atoms with Crippen molar-refractivity contribution in [3.8, 4) is 0 Å². The van der Waals surface area contributed by atoms with E-state index in [1.165, 1.54) is 12.1 Å². The minimum Gasteiger partial charge on any atom is -0.462 e. The highest BCUT2D eigenvalue weighted by molar-refractivity contribution is 6.05. The highest BCUT2D eigenvalue weighted by Crippen LogP contribution is 2.37. The van der Waals surface area contributed by atoms with Crippen LogP contribution in [-0.2, 0) is 17.5 Å². The predicted molar refractivity (Wildman–Crippen MR) is 126 cm³/mol. The minimum atomic E-state index is -4.45. The lowest BCUT2D eigenvalue weighted by Crippen LogP contribution is -2.48. The van der Waals surface area contributed by atoms with Gasteiger partial charge in [0.05, 0.1) is 23.4 Å². The third kappa shape index (κ3) is 4.22. The number of para-hydroxylation sites is 2. The summed E-state index contributed by atoms with van der Waals surface area (Å²) >= 11 is 0. The number of carbonyl (C=O) groups is 1. The number of fused-ring (bicyclic) bond motifs is 1. The first-order valence-electron chi connectivity index (χ1n) is 11.3. The molecule has 3 aromatic rings. The first-order valence-corrected chi connectivity index (χ1v) is 11.3. The molecule has 9 heteroatoms. The number of hydrogen-bond acceptors (Lipinski definition) is 5. The average Bonchev–Trinajstić information content (AvgIpc) is 2.83. The maximum Gasteiger partial charge on any atom is 0.418 e. The van der Waals surface area contributed by atoms with E-state index >= 15 is 0 Å². The van der Waals surface area contributed by atoms with E-state index in [4.69, 9.17) is 4.74 Å². The predicted octanol–water partition coefficient (Wildman–Crippen LogP) is 4.54. The van der Waals surface area contributed by atoms with E-state index < -0.39 is 23.3 Å². The van der Waals surface area contributed by atoms with E-state index in [-0.39, 0.29) is 17.9 Å². The minimum absolute atomic E-state index is 0.0356. The van der Waals surface area contributed by atoms with Crippen LogP contribution < -0.4 is 15.4 Å². The zero-order valence-electron chi connectivity index (χ0n) is 19.1. The molecular formula is C25H26F3N3O3. The number of ether oxygens (including phenoxy) is 1. The second-order valence-electron chi connectivity index (χ2n) is 8.00. The van der Waals surface area contributed by atoms with Crippen molar-refractivity contribution in [3.05, 3.63) is 70.0 Å². The number of carbonyl (C=O) groups excluding carboxylic acids is 1. The van der Waals surface area contributed by atoms with Gasteiger partial charge in [0.15, 0.2) is 0 Å². The topological polar surface area (TPSA) is 54.8 Å². The number of pyridine rings is 1. The quantitative estimate of drug-likeness (QED) is 0.509. The Labute approximate surface area is 195 Å². The zero-order valence-corrected chi connectivity index (χ0v) is 19.1.